The summed E-state index contributed by atoms with van der Waals surface area (Å²) < 4.78 is 27.5. The lowest BCUT2D eigenvalue weighted by Gasteiger charge is -2.39. The molecule has 3 heterocycles. The summed E-state index contributed by atoms with van der Waals surface area (Å²) >= 11 is 0. The number of carbonyl (C=O) groups is 2. The third-order valence-corrected chi connectivity index (χ3v) is 5.77. The smallest absolute Gasteiger partial charge is 0.255 e. The maximum atomic E-state index is 14.0. The van der Waals surface area contributed by atoms with E-state index in [9.17, 15) is 18.4 Å². The summed E-state index contributed by atoms with van der Waals surface area (Å²) in [4.78, 5) is 33.2. The minimum absolute atomic E-state index is 0.0424. The molecule has 2 saturated heterocycles. The number of amides is 2. The SMILES string of the molecule is O=C(c1cccnc1)N1CCC2(CCCN(Cc3cccc(F)c3F)C2=O)C1. The zero-order valence-corrected chi connectivity index (χ0v) is 15.4. The second-order valence-electron chi connectivity index (χ2n) is 7.54. The Kier molecular flexibility index (Phi) is 4.83. The number of nitrogens with zero attached hydrogens (tertiary/aromatic N) is 3. The van der Waals surface area contributed by atoms with Crippen molar-refractivity contribution in [3.05, 3.63) is 65.5 Å². The number of carbonyl (C=O) groups excluding carboxylic acids is 2. The van der Waals surface area contributed by atoms with Crippen LogP contribution >= 0.6 is 0 Å². The summed E-state index contributed by atoms with van der Waals surface area (Å²) in [5.74, 6) is -2.03. The van der Waals surface area contributed by atoms with E-state index in [4.69, 9.17) is 0 Å². The number of hydrogen-bond donors (Lipinski definition) is 0. The van der Waals surface area contributed by atoms with Gasteiger partial charge in [-0.25, -0.2) is 8.78 Å². The van der Waals surface area contributed by atoms with Crippen molar-refractivity contribution in [2.45, 2.75) is 25.8 Å². The Morgan fingerprint density at radius 2 is 2.00 bits per heavy atom. The molecule has 7 heteroatoms. The second-order valence-corrected chi connectivity index (χ2v) is 7.54. The molecule has 0 radical (unpaired) electrons. The first-order valence-electron chi connectivity index (χ1n) is 9.42. The van der Waals surface area contributed by atoms with Gasteiger partial charge in [0.1, 0.15) is 0 Å². The van der Waals surface area contributed by atoms with Crippen LogP contribution in [0.1, 0.15) is 35.2 Å². The molecule has 2 aliphatic rings. The van der Waals surface area contributed by atoms with Crippen molar-refractivity contribution < 1.29 is 18.4 Å². The Hall–Kier alpha value is -2.83. The molecule has 0 saturated carbocycles. The fourth-order valence-corrected chi connectivity index (χ4v) is 4.28. The van der Waals surface area contributed by atoms with Crippen molar-refractivity contribution in [1.29, 1.82) is 0 Å². The topological polar surface area (TPSA) is 53.5 Å². The van der Waals surface area contributed by atoms with Crippen LogP contribution in [0.25, 0.3) is 0 Å². The molecule has 0 bridgehead atoms. The Balaban J connectivity index is 1.50. The fraction of sp³-hybridized carbons (Fsp3) is 0.381. The molecule has 4 rings (SSSR count). The minimum atomic E-state index is -0.911. The Bertz CT molecular complexity index is 906. The van der Waals surface area contributed by atoms with Gasteiger partial charge >= 0.3 is 0 Å². The van der Waals surface area contributed by atoms with E-state index in [1.54, 1.807) is 28.1 Å². The van der Waals surface area contributed by atoms with E-state index < -0.39 is 17.0 Å². The monoisotopic (exact) mass is 385 g/mol. The van der Waals surface area contributed by atoms with Gasteiger partial charge in [0, 0.05) is 44.1 Å². The Labute approximate surface area is 162 Å². The van der Waals surface area contributed by atoms with Crippen LogP contribution in [0.5, 0.6) is 0 Å². The number of benzene rings is 1. The van der Waals surface area contributed by atoms with Crippen molar-refractivity contribution in [1.82, 2.24) is 14.8 Å². The van der Waals surface area contributed by atoms with Gasteiger partial charge in [0.05, 0.1) is 11.0 Å². The van der Waals surface area contributed by atoms with Crippen LogP contribution < -0.4 is 0 Å². The summed E-state index contributed by atoms with van der Waals surface area (Å²) in [5, 5.41) is 0. The number of piperidine rings is 1. The lowest BCUT2D eigenvalue weighted by atomic mass is 9.78. The Morgan fingerprint density at radius 3 is 2.79 bits per heavy atom. The van der Waals surface area contributed by atoms with Gasteiger partial charge in [-0.2, -0.15) is 0 Å². The summed E-state index contributed by atoms with van der Waals surface area (Å²) in [6.07, 6.45) is 5.19. The molecule has 2 amide bonds. The van der Waals surface area contributed by atoms with E-state index in [1.165, 1.54) is 18.3 Å². The van der Waals surface area contributed by atoms with Gasteiger partial charge in [-0.15, -0.1) is 0 Å². The van der Waals surface area contributed by atoms with Crippen LogP contribution in [-0.4, -0.2) is 46.2 Å². The number of likely N-dealkylation sites (tertiary alicyclic amines) is 2. The third kappa shape index (κ3) is 3.25. The summed E-state index contributed by atoms with van der Waals surface area (Å²) in [6.45, 7) is 1.40. The average molecular weight is 385 g/mol. The van der Waals surface area contributed by atoms with Crippen LogP contribution in [0.3, 0.4) is 0 Å². The quantitative estimate of drug-likeness (QED) is 0.816. The van der Waals surface area contributed by atoms with Gasteiger partial charge in [-0.3, -0.25) is 14.6 Å². The van der Waals surface area contributed by atoms with E-state index >= 15 is 0 Å². The van der Waals surface area contributed by atoms with E-state index in [-0.39, 0.29) is 23.9 Å². The molecule has 1 aromatic heterocycles. The van der Waals surface area contributed by atoms with Crippen LogP contribution in [0.15, 0.2) is 42.7 Å². The number of pyridine rings is 1. The molecular formula is C21H21F2N3O2. The van der Waals surface area contributed by atoms with E-state index in [0.717, 1.165) is 12.5 Å². The lowest BCUT2D eigenvalue weighted by Crippen LogP contribution is -2.50. The first kappa shape index (κ1) is 18.5. The molecule has 2 aromatic rings. The molecule has 0 aliphatic carbocycles. The standard InChI is InChI=1S/C21H21F2N3O2/c22-17-6-1-4-16(18(17)23)13-25-10-3-7-21(20(25)28)8-11-26(14-21)19(27)15-5-2-9-24-12-15/h1-2,4-6,9,12H,3,7-8,10-11,13-14H2. The number of aromatic nitrogens is 1. The van der Waals surface area contributed by atoms with E-state index in [1.807, 2.05) is 0 Å². The maximum Gasteiger partial charge on any atom is 0.255 e. The second kappa shape index (κ2) is 7.30. The van der Waals surface area contributed by atoms with Crippen molar-refractivity contribution >= 4 is 11.8 Å². The zero-order valence-electron chi connectivity index (χ0n) is 15.4. The molecule has 2 fully saturated rings. The normalized spacial score (nSPS) is 22.1. The van der Waals surface area contributed by atoms with Crippen molar-refractivity contribution in [3.63, 3.8) is 0 Å². The number of rotatable bonds is 3. The predicted molar refractivity (Wildman–Crippen MR) is 98.2 cm³/mol. The summed E-state index contributed by atoms with van der Waals surface area (Å²) in [6, 6.07) is 7.43. The van der Waals surface area contributed by atoms with Gasteiger partial charge in [0.2, 0.25) is 5.91 Å². The van der Waals surface area contributed by atoms with Crippen molar-refractivity contribution in [2.75, 3.05) is 19.6 Å². The molecule has 146 valence electrons. The minimum Gasteiger partial charge on any atom is -0.338 e. The maximum absolute atomic E-state index is 14.0. The molecule has 2 aliphatic heterocycles. The van der Waals surface area contributed by atoms with Crippen LogP contribution in [0.4, 0.5) is 8.78 Å². The van der Waals surface area contributed by atoms with Gasteiger partial charge in [0.15, 0.2) is 11.6 Å². The van der Waals surface area contributed by atoms with Crippen LogP contribution in [0.2, 0.25) is 0 Å². The average Bonchev–Trinajstić information content (AvgIpc) is 3.14. The molecule has 1 aromatic carbocycles. The lowest BCUT2D eigenvalue weighted by molar-refractivity contribution is -0.146. The highest BCUT2D eigenvalue weighted by molar-refractivity contribution is 5.95. The molecule has 1 atom stereocenters. The largest absolute Gasteiger partial charge is 0.338 e. The third-order valence-electron chi connectivity index (χ3n) is 5.77. The zero-order chi connectivity index (χ0) is 19.7. The van der Waals surface area contributed by atoms with Gasteiger partial charge < -0.3 is 9.80 Å². The first-order valence-corrected chi connectivity index (χ1v) is 9.42. The highest BCUT2D eigenvalue weighted by Crippen LogP contribution is 2.41. The van der Waals surface area contributed by atoms with Crippen LogP contribution in [0, 0.1) is 17.0 Å². The summed E-state index contributed by atoms with van der Waals surface area (Å²) in [5.41, 5.74) is 0.0353. The highest BCUT2D eigenvalue weighted by atomic mass is 19.2. The van der Waals surface area contributed by atoms with Gasteiger partial charge in [-0.1, -0.05) is 12.1 Å². The summed E-state index contributed by atoms with van der Waals surface area (Å²) in [7, 11) is 0. The molecule has 5 nitrogen and oxygen atoms in total. The molecule has 28 heavy (non-hydrogen) atoms. The highest BCUT2D eigenvalue weighted by Gasteiger charge is 2.49. The van der Waals surface area contributed by atoms with Crippen molar-refractivity contribution in [2.24, 2.45) is 5.41 Å². The van der Waals surface area contributed by atoms with E-state index in [0.29, 0.717) is 38.0 Å². The molecule has 1 spiro atoms. The fourth-order valence-electron chi connectivity index (χ4n) is 4.28. The Morgan fingerprint density at radius 1 is 1.14 bits per heavy atom. The molecule has 1 unspecified atom stereocenters. The number of halogens is 2. The predicted octanol–water partition coefficient (Wildman–Crippen LogP) is 3.01. The van der Waals surface area contributed by atoms with Gasteiger partial charge in [-0.05, 0) is 37.5 Å². The first-order chi connectivity index (χ1) is 13.5. The molecule has 0 N–H and O–H groups in total. The van der Waals surface area contributed by atoms with Crippen LogP contribution in [-0.2, 0) is 11.3 Å². The van der Waals surface area contributed by atoms with Crippen molar-refractivity contribution in [3.8, 4) is 0 Å². The van der Waals surface area contributed by atoms with Gasteiger partial charge in [0.25, 0.3) is 5.91 Å². The number of hydrogen-bond acceptors (Lipinski definition) is 3. The molecular weight excluding hydrogens is 364 g/mol. The van der Waals surface area contributed by atoms with E-state index in [2.05, 4.69) is 4.98 Å².